The monoisotopic (exact) mass is 740 g/mol. The van der Waals surface area contributed by atoms with Gasteiger partial charge in [0.05, 0.1) is 21.1 Å². The van der Waals surface area contributed by atoms with Crippen LogP contribution in [0, 0.1) is 0 Å². The normalized spacial score (nSPS) is 15.4. The van der Waals surface area contributed by atoms with Crippen molar-refractivity contribution in [3.63, 3.8) is 0 Å². The number of carbonyl (C=O) groups excluding carboxylic acids is 2. The number of phosphoric ester groups is 1. The summed E-state index contributed by atoms with van der Waals surface area (Å²) in [6, 6.07) is -1.04. The van der Waals surface area contributed by atoms with Gasteiger partial charge in [-0.2, -0.15) is 0 Å². The maximum absolute atomic E-state index is 13.8. The van der Waals surface area contributed by atoms with Crippen LogP contribution in [0.3, 0.4) is 0 Å². The highest BCUT2D eigenvalue weighted by Crippen LogP contribution is 2.44. The molecule has 0 aliphatic carbocycles. The summed E-state index contributed by atoms with van der Waals surface area (Å²) in [7, 11) is 0.0679. The van der Waals surface area contributed by atoms with Gasteiger partial charge in [0, 0.05) is 12.8 Å². The number of quaternary nitrogens is 1. The van der Waals surface area contributed by atoms with Gasteiger partial charge in [-0.05, 0) is 70.6 Å². The fourth-order valence-corrected chi connectivity index (χ4v) is 8.05. The first-order valence-electron chi connectivity index (χ1n) is 21.3. The molecule has 0 rings (SSSR count). The minimum atomic E-state index is -5.30. The molecule has 0 aromatic carbocycles. The first-order chi connectivity index (χ1) is 24.4. The number of phosphoric acid groups is 1. The van der Waals surface area contributed by atoms with Crippen LogP contribution in [0.2, 0.25) is 0 Å². The second kappa shape index (κ2) is 31.3. The first-order valence-corrected chi connectivity index (χ1v) is 22.8. The van der Waals surface area contributed by atoms with Crippen LogP contribution >= 0.6 is 7.82 Å². The molecule has 0 amide bonds. The van der Waals surface area contributed by atoms with E-state index in [1.807, 2.05) is 0 Å². The Morgan fingerprint density at radius 1 is 0.608 bits per heavy atom. The highest BCUT2D eigenvalue weighted by Gasteiger charge is 2.56. The van der Waals surface area contributed by atoms with Gasteiger partial charge in [-0.25, -0.2) is 0 Å². The zero-order valence-corrected chi connectivity index (χ0v) is 35.2. The number of hydrogen-bond acceptors (Lipinski definition) is 5. The molecule has 0 radical (unpaired) electrons. The van der Waals surface area contributed by atoms with E-state index in [2.05, 4.69) is 38.2 Å². The standard InChI is InChI=1S/C43H82NO6P/c1-7-10-12-14-16-18-20-22-24-26-28-30-32-34-36-38-40(45)42(44(4,5)6)43(9-3,50-51(47,48)49)41(46)39-37-35-33-31-29-27-25-23-21-19-17-15-13-11-8-2/h22-25,42H,7-21,26-39H2,1-6H3,(H-,47,48,49)/b24-22-,25-23-. The highest BCUT2D eigenvalue weighted by atomic mass is 31.2. The Balaban J connectivity index is 4.79. The number of likely N-dealkylation sites (N-methyl/N-ethyl adjacent to an activating group) is 1. The van der Waals surface area contributed by atoms with Gasteiger partial charge >= 0.3 is 0 Å². The minimum Gasteiger partial charge on any atom is -0.756 e. The maximum Gasteiger partial charge on any atom is 0.266 e. The topological polar surface area (TPSA) is 104 Å². The average Bonchev–Trinajstić information content (AvgIpc) is 3.06. The van der Waals surface area contributed by atoms with Crippen LogP contribution in [0.5, 0.6) is 0 Å². The molecule has 0 saturated heterocycles. The van der Waals surface area contributed by atoms with E-state index in [1.54, 1.807) is 28.1 Å². The zero-order valence-electron chi connectivity index (χ0n) is 34.3. The molecule has 1 N–H and O–H groups in total. The molecule has 0 heterocycles. The number of rotatable bonds is 37. The number of allylic oxidation sites excluding steroid dienone is 4. The van der Waals surface area contributed by atoms with Crippen molar-refractivity contribution in [1.29, 1.82) is 0 Å². The molecule has 0 spiro atoms. The third-order valence-corrected chi connectivity index (χ3v) is 10.7. The van der Waals surface area contributed by atoms with E-state index in [0.29, 0.717) is 12.8 Å². The van der Waals surface area contributed by atoms with Gasteiger partial charge in [0.25, 0.3) is 7.82 Å². The van der Waals surface area contributed by atoms with Crippen molar-refractivity contribution in [1.82, 2.24) is 0 Å². The van der Waals surface area contributed by atoms with Crippen molar-refractivity contribution in [2.24, 2.45) is 0 Å². The van der Waals surface area contributed by atoms with E-state index in [9.17, 15) is 23.9 Å². The molecular weight excluding hydrogens is 657 g/mol. The van der Waals surface area contributed by atoms with Crippen molar-refractivity contribution in [2.75, 3.05) is 21.1 Å². The van der Waals surface area contributed by atoms with Gasteiger partial charge in [0.2, 0.25) is 0 Å². The molecule has 0 aliphatic rings. The summed E-state index contributed by atoms with van der Waals surface area (Å²) in [5.41, 5.74) is -1.93. The fourth-order valence-electron chi connectivity index (χ4n) is 7.31. The lowest BCUT2D eigenvalue weighted by Crippen LogP contribution is -2.66. The van der Waals surface area contributed by atoms with E-state index in [0.717, 1.165) is 70.6 Å². The SMILES string of the molecule is CCCCCCCC/C=C\CCCCCCCC(=O)C(C(CC)(OP(=O)([O-])O)C(=O)CCCCCCC/C=C\CCCCCCCC)[N+](C)(C)C. The van der Waals surface area contributed by atoms with E-state index < -0.39 is 25.2 Å². The van der Waals surface area contributed by atoms with Crippen molar-refractivity contribution >= 4 is 19.4 Å². The van der Waals surface area contributed by atoms with E-state index in [1.165, 1.54) is 83.5 Å². The van der Waals surface area contributed by atoms with Gasteiger partial charge in [-0.15, -0.1) is 0 Å². The van der Waals surface area contributed by atoms with E-state index in [-0.39, 0.29) is 29.5 Å². The van der Waals surface area contributed by atoms with Gasteiger partial charge in [0.15, 0.2) is 23.2 Å². The lowest BCUT2D eigenvalue weighted by molar-refractivity contribution is -0.892. The molecule has 300 valence electrons. The summed E-state index contributed by atoms with van der Waals surface area (Å²) in [6.07, 6.45) is 39.4. The Kier molecular flexibility index (Phi) is 30.6. The van der Waals surface area contributed by atoms with Crippen LogP contribution in [0.1, 0.15) is 207 Å². The Morgan fingerprint density at radius 2 is 0.941 bits per heavy atom. The average molecular weight is 740 g/mol. The van der Waals surface area contributed by atoms with Gasteiger partial charge in [-0.3, -0.25) is 18.7 Å². The van der Waals surface area contributed by atoms with Gasteiger partial charge in [0.1, 0.15) is 0 Å². The van der Waals surface area contributed by atoms with Crippen molar-refractivity contribution in [3.8, 4) is 0 Å². The summed E-state index contributed by atoms with van der Waals surface area (Å²) in [5.74, 6) is -0.600. The third-order valence-electron chi connectivity index (χ3n) is 10.1. The fraction of sp³-hybridized carbons (Fsp3) is 0.860. The molecule has 3 atom stereocenters. The molecule has 0 aromatic rings. The Hall–Kier alpha value is -1.11. The lowest BCUT2D eigenvalue weighted by Gasteiger charge is -2.46. The zero-order chi connectivity index (χ0) is 38.3. The smallest absolute Gasteiger partial charge is 0.266 e. The summed E-state index contributed by atoms with van der Waals surface area (Å²) in [6.45, 7) is 6.17. The highest BCUT2D eigenvalue weighted by molar-refractivity contribution is 7.44. The molecule has 0 aromatic heterocycles. The van der Waals surface area contributed by atoms with Crippen molar-refractivity contribution in [2.45, 2.75) is 219 Å². The van der Waals surface area contributed by atoms with Crippen molar-refractivity contribution in [3.05, 3.63) is 24.3 Å². The summed E-state index contributed by atoms with van der Waals surface area (Å²) in [4.78, 5) is 49.6. The Morgan fingerprint density at radius 3 is 1.27 bits per heavy atom. The number of hydrogen-bond donors (Lipinski definition) is 1. The molecular formula is C43H82NO6P. The summed E-state index contributed by atoms with van der Waals surface area (Å²) in [5, 5.41) is 0. The molecule has 3 unspecified atom stereocenters. The molecule has 0 aliphatic heterocycles. The van der Waals surface area contributed by atoms with E-state index >= 15 is 0 Å². The number of Topliss-reactive ketones (excluding diaryl/α,β-unsaturated/α-hetero) is 2. The van der Waals surface area contributed by atoms with Crippen LogP contribution in [-0.4, -0.2) is 53.7 Å². The molecule has 7 nitrogen and oxygen atoms in total. The Bertz CT molecular complexity index is 968. The quantitative estimate of drug-likeness (QED) is 0.0294. The summed E-state index contributed by atoms with van der Waals surface area (Å²) >= 11 is 0. The minimum absolute atomic E-state index is 0.0119. The first kappa shape index (κ1) is 49.9. The third kappa shape index (κ3) is 26.3. The van der Waals surface area contributed by atoms with Crippen LogP contribution in [-0.2, 0) is 18.7 Å². The van der Waals surface area contributed by atoms with Gasteiger partial charge in [-0.1, -0.05) is 148 Å². The maximum atomic E-state index is 13.8. The van der Waals surface area contributed by atoms with Crippen LogP contribution < -0.4 is 4.89 Å². The van der Waals surface area contributed by atoms with Crippen LogP contribution in [0.25, 0.3) is 0 Å². The number of unbranched alkanes of at least 4 members (excludes halogenated alkanes) is 22. The predicted molar refractivity (Wildman–Crippen MR) is 215 cm³/mol. The van der Waals surface area contributed by atoms with E-state index in [4.69, 9.17) is 4.52 Å². The second-order valence-corrected chi connectivity index (χ2v) is 17.0. The lowest BCUT2D eigenvalue weighted by atomic mass is 9.79. The Labute approximate surface area is 315 Å². The van der Waals surface area contributed by atoms with Crippen LogP contribution in [0.4, 0.5) is 0 Å². The molecule has 0 bridgehead atoms. The second-order valence-electron chi connectivity index (χ2n) is 15.9. The van der Waals surface area contributed by atoms with Crippen LogP contribution in [0.15, 0.2) is 24.3 Å². The molecule has 51 heavy (non-hydrogen) atoms. The number of ketones is 2. The predicted octanol–water partition coefficient (Wildman–Crippen LogP) is 11.9. The molecule has 0 saturated carbocycles. The van der Waals surface area contributed by atoms with Gasteiger partial charge < -0.3 is 14.3 Å². The van der Waals surface area contributed by atoms with Crippen molar-refractivity contribution < 1.29 is 32.9 Å². The largest absolute Gasteiger partial charge is 0.756 e. The number of nitrogens with zero attached hydrogens (tertiary/aromatic N) is 1. The summed E-state index contributed by atoms with van der Waals surface area (Å²) < 4.78 is 17.5. The molecule has 0 fully saturated rings. The number of carbonyl (C=O) groups is 2. The molecule has 8 heteroatoms.